The molecule has 1 amide bonds. The largest absolute Gasteiger partial charge is 0.331 e. The molecule has 1 aliphatic heterocycles. The number of aromatic nitrogens is 3. The summed E-state index contributed by atoms with van der Waals surface area (Å²) in [7, 11) is 1.43. The molecule has 5 rings (SSSR count). The quantitative estimate of drug-likeness (QED) is 0.271. The molecule has 1 atom stereocenters. The minimum atomic E-state index is -3.14. The number of anilines is 3. The second-order valence-electron chi connectivity index (χ2n) is 9.49. The number of alkyl halides is 2. The first kappa shape index (κ1) is 26.3. The number of aryl methyl sites for hydroxylation is 1. The SMILES string of the molecule is Cc1ccc(NC(=O)c2ccc(C(F)(F)N(C)C3CCNC3)cc2)cc1Nc1nccc(-c2cccnc2)n1. The fourth-order valence-corrected chi connectivity index (χ4v) is 4.48. The van der Waals surface area contributed by atoms with Crippen LogP contribution in [0.15, 0.2) is 79.3 Å². The number of carbonyl (C=O) groups excluding carboxylic acids is 1. The van der Waals surface area contributed by atoms with E-state index in [-0.39, 0.29) is 17.2 Å². The zero-order valence-corrected chi connectivity index (χ0v) is 21.7. The summed E-state index contributed by atoms with van der Waals surface area (Å²) in [6.45, 7) is 3.18. The van der Waals surface area contributed by atoms with E-state index in [2.05, 4.69) is 30.9 Å². The fourth-order valence-electron chi connectivity index (χ4n) is 4.48. The van der Waals surface area contributed by atoms with Crippen molar-refractivity contribution in [2.24, 2.45) is 0 Å². The Morgan fingerprint density at radius 2 is 1.92 bits per heavy atom. The number of amides is 1. The predicted octanol–water partition coefficient (Wildman–Crippen LogP) is 5.19. The third-order valence-corrected chi connectivity index (χ3v) is 6.87. The molecular formula is C29H29F2N7O. The molecule has 200 valence electrons. The zero-order chi connectivity index (χ0) is 27.4. The van der Waals surface area contributed by atoms with Gasteiger partial charge in [-0.05, 0) is 75.0 Å². The molecule has 1 fully saturated rings. The van der Waals surface area contributed by atoms with Crippen LogP contribution in [0.3, 0.4) is 0 Å². The fraction of sp³-hybridized carbons (Fsp3) is 0.241. The van der Waals surface area contributed by atoms with Gasteiger partial charge in [0.1, 0.15) is 0 Å². The maximum Gasteiger partial charge on any atom is 0.331 e. The molecule has 0 bridgehead atoms. The van der Waals surface area contributed by atoms with Crippen molar-refractivity contribution in [1.29, 1.82) is 0 Å². The Morgan fingerprint density at radius 1 is 1.10 bits per heavy atom. The van der Waals surface area contributed by atoms with Crippen LogP contribution in [0.1, 0.15) is 27.9 Å². The Hall–Kier alpha value is -4.28. The lowest BCUT2D eigenvalue weighted by atomic mass is 10.1. The van der Waals surface area contributed by atoms with Gasteiger partial charge in [-0.2, -0.15) is 8.78 Å². The molecule has 0 radical (unpaired) electrons. The van der Waals surface area contributed by atoms with Gasteiger partial charge in [0.2, 0.25) is 5.95 Å². The lowest BCUT2D eigenvalue weighted by Crippen LogP contribution is -2.44. The number of nitrogens with zero attached hydrogens (tertiary/aromatic N) is 4. The van der Waals surface area contributed by atoms with Gasteiger partial charge in [-0.15, -0.1) is 0 Å². The number of rotatable bonds is 8. The number of halogens is 2. The van der Waals surface area contributed by atoms with E-state index in [0.717, 1.165) is 34.0 Å². The molecule has 2 aromatic heterocycles. The van der Waals surface area contributed by atoms with Crippen molar-refractivity contribution >= 4 is 23.2 Å². The van der Waals surface area contributed by atoms with Crippen molar-refractivity contribution < 1.29 is 13.6 Å². The van der Waals surface area contributed by atoms with Crippen LogP contribution in [0.25, 0.3) is 11.3 Å². The van der Waals surface area contributed by atoms with Crippen molar-refractivity contribution in [2.75, 3.05) is 30.8 Å². The minimum Gasteiger partial charge on any atom is -0.324 e. The standard InChI is InChI=1S/C29H29F2N7O/c1-19-5-10-23(16-26(19)37-28-34-15-12-25(36-28)21-4-3-13-32-17-21)35-27(39)20-6-8-22(9-7-20)29(30,31)38(2)24-11-14-33-18-24/h3-10,12-13,15-17,24,33H,11,14,18H2,1-2H3,(H,35,39)(H,34,36,37). The second-order valence-corrected chi connectivity index (χ2v) is 9.49. The highest BCUT2D eigenvalue weighted by Crippen LogP contribution is 2.34. The van der Waals surface area contributed by atoms with E-state index in [9.17, 15) is 4.79 Å². The van der Waals surface area contributed by atoms with Crippen LogP contribution >= 0.6 is 0 Å². The third kappa shape index (κ3) is 5.92. The summed E-state index contributed by atoms with van der Waals surface area (Å²) in [5.74, 6) is 0.000594. The van der Waals surface area contributed by atoms with Gasteiger partial charge in [0.25, 0.3) is 5.91 Å². The molecule has 8 nitrogen and oxygen atoms in total. The van der Waals surface area contributed by atoms with Crippen LogP contribution in [0, 0.1) is 6.92 Å². The molecular weight excluding hydrogens is 500 g/mol. The topological polar surface area (TPSA) is 95.1 Å². The number of benzene rings is 2. The molecule has 0 saturated carbocycles. The Bertz CT molecular complexity index is 1440. The Morgan fingerprint density at radius 3 is 2.64 bits per heavy atom. The van der Waals surface area contributed by atoms with E-state index in [1.165, 1.54) is 31.3 Å². The summed E-state index contributed by atoms with van der Waals surface area (Å²) < 4.78 is 30.1. The zero-order valence-electron chi connectivity index (χ0n) is 21.7. The number of pyridine rings is 1. The van der Waals surface area contributed by atoms with Gasteiger partial charge >= 0.3 is 6.05 Å². The maximum atomic E-state index is 15.0. The average Bonchev–Trinajstić information content (AvgIpc) is 3.50. The second kappa shape index (κ2) is 11.2. The molecule has 4 aromatic rings. The van der Waals surface area contributed by atoms with E-state index in [1.807, 2.05) is 25.1 Å². The lowest BCUT2D eigenvalue weighted by Gasteiger charge is -2.32. The van der Waals surface area contributed by atoms with Crippen molar-refractivity contribution in [3.8, 4) is 11.3 Å². The van der Waals surface area contributed by atoms with Gasteiger partial charge in [0, 0.05) is 59.2 Å². The number of likely N-dealkylation sites (N-methyl/N-ethyl adjacent to an activating group) is 1. The molecule has 0 spiro atoms. The number of hydrogen-bond donors (Lipinski definition) is 3. The Balaban J connectivity index is 1.28. The van der Waals surface area contributed by atoms with Gasteiger partial charge < -0.3 is 16.0 Å². The highest BCUT2D eigenvalue weighted by Gasteiger charge is 2.41. The van der Waals surface area contributed by atoms with Gasteiger partial charge in [0.15, 0.2) is 0 Å². The van der Waals surface area contributed by atoms with Crippen LogP contribution in [0.5, 0.6) is 0 Å². The van der Waals surface area contributed by atoms with E-state index in [0.29, 0.717) is 24.6 Å². The van der Waals surface area contributed by atoms with Crippen LogP contribution < -0.4 is 16.0 Å². The Kier molecular flexibility index (Phi) is 7.58. The summed E-state index contributed by atoms with van der Waals surface area (Å²) in [4.78, 5) is 27.0. The first-order valence-electron chi connectivity index (χ1n) is 12.7. The molecule has 39 heavy (non-hydrogen) atoms. The predicted molar refractivity (Wildman–Crippen MR) is 147 cm³/mol. The third-order valence-electron chi connectivity index (χ3n) is 6.87. The van der Waals surface area contributed by atoms with Gasteiger partial charge in [-0.25, -0.2) is 14.9 Å². The molecule has 1 aliphatic rings. The number of nitrogens with one attached hydrogen (secondary N) is 3. The highest BCUT2D eigenvalue weighted by atomic mass is 19.3. The summed E-state index contributed by atoms with van der Waals surface area (Å²) in [5, 5.41) is 9.16. The van der Waals surface area contributed by atoms with Gasteiger partial charge in [0.05, 0.1) is 5.69 Å². The van der Waals surface area contributed by atoms with Crippen molar-refractivity contribution in [2.45, 2.75) is 25.4 Å². The van der Waals surface area contributed by atoms with E-state index in [1.54, 1.807) is 36.8 Å². The monoisotopic (exact) mass is 529 g/mol. The van der Waals surface area contributed by atoms with Crippen LogP contribution in [-0.4, -0.2) is 51.9 Å². The first-order chi connectivity index (χ1) is 18.8. The van der Waals surface area contributed by atoms with Crippen LogP contribution in [0.2, 0.25) is 0 Å². The summed E-state index contributed by atoms with van der Waals surface area (Å²) >= 11 is 0. The summed E-state index contributed by atoms with van der Waals surface area (Å²) in [6.07, 6.45) is 5.76. The molecule has 0 aliphatic carbocycles. The van der Waals surface area contributed by atoms with Gasteiger partial charge in [-0.3, -0.25) is 9.78 Å². The first-order valence-corrected chi connectivity index (χ1v) is 12.7. The van der Waals surface area contributed by atoms with E-state index >= 15 is 8.78 Å². The van der Waals surface area contributed by atoms with E-state index < -0.39 is 12.0 Å². The molecule has 3 heterocycles. The van der Waals surface area contributed by atoms with Crippen molar-refractivity contribution in [1.82, 2.24) is 25.2 Å². The van der Waals surface area contributed by atoms with Crippen molar-refractivity contribution in [3.05, 3.63) is 95.9 Å². The molecule has 1 unspecified atom stereocenters. The molecule has 1 saturated heterocycles. The van der Waals surface area contributed by atoms with Crippen LogP contribution in [0.4, 0.5) is 26.1 Å². The Labute approximate surface area is 225 Å². The van der Waals surface area contributed by atoms with Crippen LogP contribution in [-0.2, 0) is 6.05 Å². The van der Waals surface area contributed by atoms with Gasteiger partial charge in [-0.1, -0.05) is 18.2 Å². The molecule has 10 heteroatoms. The normalized spacial score (nSPS) is 15.4. The smallest absolute Gasteiger partial charge is 0.324 e. The highest BCUT2D eigenvalue weighted by molar-refractivity contribution is 6.04. The summed E-state index contributed by atoms with van der Waals surface area (Å²) in [5.41, 5.74) is 3.91. The maximum absolute atomic E-state index is 15.0. The minimum absolute atomic E-state index is 0.149. The number of carbonyl (C=O) groups is 1. The number of hydrogen-bond acceptors (Lipinski definition) is 7. The van der Waals surface area contributed by atoms with Crippen molar-refractivity contribution in [3.63, 3.8) is 0 Å². The molecule has 3 N–H and O–H groups in total. The summed E-state index contributed by atoms with van der Waals surface area (Å²) in [6, 6.07) is 13.1. The average molecular weight is 530 g/mol. The molecule has 2 aromatic carbocycles. The van der Waals surface area contributed by atoms with E-state index in [4.69, 9.17) is 0 Å². The lowest BCUT2D eigenvalue weighted by molar-refractivity contribution is -0.158.